The van der Waals surface area contributed by atoms with E-state index in [2.05, 4.69) is 37.5 Å². The molecular formula is C13H24N2S. The van der Waals surface area contributed by atoms with Gasteiger partial charge in [-0.25, -0.2) is 0 Å². The van der Waals surface area contributed by atoms with E-state index in [1.165, 1.54) is 10.4 Å². The Balaban J connectivity index is 2.19. The van der Waals surface area contributed by atoms with E-state index in [9.17, 15) is 0 Å². The third-order valence-corrected chi connectivity index (χ3v) is 4.23. The summed E-state index contributed by atoms with van der Waals surface area (Å²) >= 11 is 1.86. The van der Waals surface area contributed by atoms with Gasteiger partial charge in [0.1, 0.15) is 0 Å². The molecule has 1 rings (SSSR count). The van der Waals surface area contributed by atoms with Crippen LogP contribution in [-0.2, 0) is 6.42 Å². The van der Waals surface area contributed by atoms with Crippen LogP contribution < -0.4 is 11.1 Å². The molecule has 0 radical (unpaired) electrons. The molecule has 1 aromatic rings. The Bertz CT molecular complexity index is 294. The lowest BCUT2D eigenvalue weighted by Gasteiger charge is -2.19. The second-order valence-corrected chi connectivity index (χ2v) is 5.72. The second-order valence-electron chi connectivity index (χ2n) is 4.72. The van der Waals surface area contributed by atoms with E-state index in [0.717, 1.165) is 26.1 Å². The molecule has 1 unspecified atom stereocenters. The average Bonchev–Trinajstić information content (AvgIpc) is 2.64. The smallest absolute Gasteiger partial charge is 0.00870 e. The van der Waals surface area contributed by atoms with E-state index in [1.807, 2.05) is 11.3 Å². The van der Waals surface area contributed by atoms with Crippen molar-refractivity contribution in [3.8, 4) is 0 Å². The maximum Gasteiger partial charge on any atom is 0.00870 e. The lowest BCUT2D eigenvalue weighted by Crippen LogP contribution is -2.32. The van der Waals surface area contributed by atoms with Gasteiger partial charge in [-0.1, -0.05) is 13.8 Å². The summed E-state index contributed by atoms with van der Waals surface area (Å²) in [7, 11) is 0. The first kappa shape index (κ1) is 13.7. The van der Waals surface area contributed by atoms with Crippen molar-refractivity contribution >= 4 is 11.3 Å². The van der Waals surface area contributed by atoms with Crippen molar-refractivity contribution in [3.05, 3.63) is 21.9 Å². The summed E-state index contributed by atoms with van der Waals surface area (Å²) in [5.41, 5.74) is 7.16. The van der Waals surface area contributed by atoms with E-state index >= 15 is 0 Å². The zero-order chi connectivity index (χ0) is 12.0. The maximum absolute atomic E-state index is 5.74. The van der Waals surface area contributed by atoms with E-state index in [1.54, 1.807) is 0 Å². The van der Waals surface area contributed by atoms with Crippen molar-refractivity contribution < 1.29 is 0 Å². The fourth-order valence-corrected chi connectivity index (χ4v) is 2.65. The molecule has 0 saturated carbocycles. The highest BCUT2D eigenvalue weighted by molar-refractivity contribution is 7.10. The van der Waals surface area contributed by atoms with Gasteiger partial charge in [-0.15, -0.1) is 11.3 Å². The molecule has 3 heteroatoms. The summed E-state index contributed by atoms with van der Waals surface area (Å²) < 4.78 is 0. The Morgan fingerprint density at radius 3 is 2.69 bits per heavy atom. The summed E-state index contributed by atoms with van der Waals surface area (Å²) in [6, 6.07) is 2.19. The molecule has 0 aliphatic rings. The zero-order valence-electron chi connectivity index (χ0n) is 10.6. The van der Waals surface area contributed by atoms with Gasteiger partial charge < -0.3 is 11.1 Å². The lowest BCUT2D eigenvalue weighted by molar-refractivity contribution is 0.372. The van der Waals surface area contributed by atoms with Gasteiger partial charge in [-0.05, 0) is 61.8 Å². The van der Waals surface area contributed by atoms with E-state index in [-0.39, 0.29) is 0 Å². The quantitative estimate of drug-likeness (QED) is 0.718. The Hall–Kier alpha value is -0.380. The van der Waals surface area contributed by atoms with E-state index < -0.39 is 0 Å². The van der Waals surface area contributed by atoms with Crippen molar-refractivity contribution in [2.45, 2.75) is 27.2 Å². The van der Waals surface area contributed by atoms with Gasteiger partial charge in [0.2, 0.25) is 0 Å². The zero-order valence-corrected chi connectivity index (χ0v) is 11.4. The molecule has 1 heterocycles. The molecule has 0 saturated heterocycles. The van der Waals surface area contributed by atoms with Crippen LogP contribution in [0.15, 0.2) is 11.4 Å². The average molecular weight is 240 g/mol. The number of thiophene rings is 1. The minimum Gasteiger partial charge on any atom is -0.330 e. The Morgan fingerprint density at radius 2 is 2.19 bits per heavy atom. The van der Waals surface area contributed by atoms with Gasteiger partial charge in [0.15, 0.2) is 0 Å². The predicted octanol–water partition coefficient (Wildman–Crippen LogP) is 2.42. The summed E-state index contributed by atoms with van der Waals surface area (Å²) in [5, 5.41) is 5.68. The normalized spacial score (nSPS) is 13.3. The van der Waals surface area contributed by atoms with Gasteiger partial charge in [-0.2, -0.15) is 0 Å². The number of hydrogen-bond acceptors (Lipinski definition) is 3. The van der Waals surface area contributed by atoms with Crippen LogP contribution >= 0.6 is 11.3 Å². The predicted molar refractivity (Wildman–Crippen MR) is 73.0 cm³/mol. The van der Waals surface area contributed by atoms with E-state index in [0.29, 0.717) is 11.8 Å². The molecule has 0 spiro atoms. The molecule has 1 aromatic heterocycles. The maximum atomic E-state index is 5.74. The number of nitrogens with two attached hydrogens (primary N) is 1. The van der Waals surface area contributed by atoms with Crippen molar-refractivity contribution in [2.75, 3.05) is 19.6 Å². The van der Waals surface area contributed by atoms with Crippen LogP contribution in [0.1, 0.15) is 24.3 Å². The van der Waals surface area contributed by atoms with Gasteiger partial charge in [0, 0.05) is 4.88 Å². The van der Waals surface area contributed by atoms with Crippen LogP contribution in [0.4, 0.5) is 0 Å². The number of hydrogen-bond donors (Lipinski definition) is 2. The Morgan fingerprint density at radius 1 is 1.44 bits per heavy atom. The minimum atomic E-state index is 0.601. The van der Waals surface area contributed by atoms with Gasteiger partial charge in [0.05, 0.1) is 0 Å². The number of nitrogens with one attached hydrogen (secondary N) is 1. The largest absolute Gasteiger partial charge is 0.330 e. The highest BCUT2D eigenvalue weighted by atomic mass is 32.1. The minimum absolute atomic E-state index is 0.601. The van der Waals surface area contributed by atoms with Gasteiger partial charge in [0.25, 0.3) is 0 Å². The van der Waals surface area contributed by atoms with Crippen LogP contribution in [0.3, 0.4) is 0 Å². The molecule has 1 atom stereocenters. The van der Waals surface area contributed by atoms with Crippen LogP contribution in [-0.4, -0.2) is 19.6 Å². The van der Waals surface area contributed by atoms with Crippen molar-refractivity contribution in [3.63, 3.8) is 0 Å². The topological polar surface area (TPSA) is 38.0 Å². The first-order chi connectivity index (χ1) is 7.65. The fraction of sp³-hybridized carbons (Fsp3) is 0.692. The molecular weight excluding hydrogens is 216 g/mol. The molecule has 0 bridgehead atoms. The van der Waals surface area contributed by atoms with Crippen molar-refractivity contribution in [1.29, 1.82) is 0 Å². The molecule has 0 fully saturated rings. The first-order valence-corrected chi connectivity index (χ1v) is 6.96. The monoisotopic (exact) mass is 240 g/mol. The van der Waals surface area contributed by atoms with E-state index in [4.69, 9.17) is 5.73 Å². The molecule has 3 N–H and O–H groups in total. The third kappa shape index (κ3) is 4.24. The summed E-state index contributed by atoms with van der Waals surface area (Å²) in [5.74, 6) is 1.27. The van der Waals surface area contributed by atoms with Gasteiger partial charge >= 0.3 is 0 Å². The highest BCUT2D eigenvalue weighted by Gasteiger charge is 2.10. The lowest BCUT2D eigenvalue weighted by atomic mass is 9.96. The Kier molecular flexibility index (Phi) is 6.03. The molecule has 0 aliphatic carbocycles. The molecule has 0 amide bonds. The third-order valence-electron chi connectivity index (χ3n) is 3.15. The van der Waals surface area contributed by atoms with Crippen LogP contribution in [0, 0.1) is 18.8 Å². The summed E-state index contributed by atoms with van der Waals surface area (Å²) in [4.78, 5) is 1.50. The molecule has 0 aliphatic heterocycles. The van der Waals surface area contributed by atoms with Crippen LogP contribution in [0.2, 0.25) is 0 Å². The molecule has 92 valence electrons. The van der Waals surface area contributed by atoms with Crippen LogP contribution in [0.25, 0.3) is 0 Å². The summed E-state index contributed by atoms with van der Waals surface area (Å²) in [6.07, 6.45) is 1.14. The second kappa shape index (κ2) is 7.05. The molecule has 2 nitrogen and oxygen atoms in total. The molecule has 16 heavy (non-hydrogen) atoms. The SMILES string of the molecule is Cc1ccsc1CCNCC(CN)C(C)C. The fourth-order valence-electron chi connectivity index (χ4n) is 1.74. The number of rotatable bonds is 7. The van der Waals surface area contributed by atoms with Gasteiger partial charge in [-0.3, -0.25) is 0 Å². The number of aryl methyl sites for hydroxylation is 1. The van der Waals surface area contributed by atoms with Crippen molar-refractivity contribution in [2.24, 2.45) is 17.6 Å². The first-order valence-electron chi connectivity index (χ1n) is 6.09. The molecule has 0 aromatic carbocycles. The summed E-state index contributed by atoms with van der Waals surface area (Å²) in [6.45, 7) is 9.54. The van der Waals surface area contributed by atoms with Crippen molar-refractivity contribution in [1.82, 2.24) is 5.32 Å². The Labute approximate surface area is 103 Å². The van der Waals surface area contributed by atoms with Crippen LogP contribution in [0.5, 0.6) is 0 Å². The highest BCUT2D eigenvalue weighted by Crippen LogP contribution is 2.15. The standard InChI is InChI=1S/C13H24N2S/c1-10(2)12(8-14)9-15-6-4-13-11(3)5-7-16-13/h5,7,10,12,15H,4,6,8-9,14H2,1-3H3.